The first kappa shape index (κ1) is 11.2. The van der Waals surface area contributed by atoms with E-state index in [2.05, 4.69) is 16.8 Å². The summed E-state index contributed by atoms with van der Waals surface area (Å²) in [6.45, 7) is 5.36. The summed E-state index contributed by atoms with van der Waals surface area (Å²) < 4.78 is 0. The molecule has 2 heterocycles. The van der Waals surface area contributed by atoms with Crippen LogP contribution in [0.25, 0.3) is 0 Å². The highest BCUT2D eigenvalue weighted by Crippen LogP contribution is 2.29. The van der Waals surface area contributed by atoms with E-state index in [1.807, 2.05) is 19.1 Å². The molecule has 3 nitrogen and oxygen atoms in total. The topological polar surface area (TPSA) is 42.2 Å². The Morgan fingerprint density at radius 2 is 2.25 bits per heavy atom. The molecule has 1 aromatic rings. The molecule has 1 aliphatic rings. The highest BCUT2D eigenvalue weighted by molar-refractivity contribution is 5.63. The number of nitrogens with zero attached hydrogens (tertiary/aromatic N) is 2. The van der Waals surface area contributed by atoms with Crippen LogP contribution in [0.3, 0.4) is 0 Å². The van der Waals surface area contributed by atoms with Gasteiger partial charge in [0.15, 0.2) is 5.82 Å². The van der Waals surface area contributed by atoms with E-state index in [0.717, 1.165) is 23.7 Å². The van der Waals surface area contributed by atoms with Gasteiger partial charge in [-0.3, -0.25) is 0 Å². The van der Waals surface area contributed by atoms with Crippen LogP contribution >= 0.6 is 0 Å². The van der Waals surface area contributed by atoms with Crippen molar-refractivity contribution in [1.82, 2.24) is 4.98 Å². The number of anilines is 2. The maximum absolute atomic E-state index is 6.03. The van der Waals surface area contributed by atoms with Crippen molar-refractivity contribution in [3.63, 3.8) is 0 Å². The van der Waals surface area contributed by atoms with E-state index < -0.39 is 0 Å². The Kier molecular flexibility index (Phi) is 3.32. The molecule has 0 bridgehead atoms. The molecular weight excluding hydrogens is 198 g/mol. The van der Waals surface area contributed by atoms with E-state index in [9.17, 15) is 0 Å². The third-order valence-corrected chi connectivity index (χ3v) is 3.41. The molecule has 0 aromatic carbocycles. The van der Waals surface area contributed by atoms with Crippen molar-refractivity contribution in [2.24, 2.45) is 0 Å². The zero-order valence-corrected chi connectivity index (χ0v) is 10.2. The SMILES string of the molecule is CCC1CCCCN1c1nc(C)ccc1N. The molecule has 3 heteroatoms. The maximum atomic E-state index is 6.03. The zero-order chi connectivity index (χ0) is 11.5. The summed E-state index contributed by atoms with van der Waals surface area (Å²) in [5.74, 6) is 0.992. The number of nitrogen functional groups attached to an aromatic ring is 1. The van der Waals surface area contributed by atoms with Gasteiger partial charge in [-0.05, 0) is 44.7 Å². The van der Waals surface area contributed by atoms with Gasteiger partial charge in [-0.25, -0.2) is 4.98 Å². The van der Waals surface area contributed by atoms with Gasteiger partial charge in [0.1, 0.15) is 0 Å². The molecule has 2 rings (SSSR count). The van der Waals surface area contributed by atoms with Gasteiger partial charge in [0.05, 0.1) is 5.69 Å². The predicted octanol–water partition coefficient (Wildman–Crippen LogP) is 2.74. The van der Waals surface area contributed by atoms with E-state index in [1.54, 1.807) is 0 Å². The van der Waals surface area contributed by atoms with Crippen LogP contribution in [0.5, 0.6) is 0 Å². The Morgan fingerprint density at radius 3 is 3.00 bits per heavy atom. The summed E-state index contributed by atoms with van der Waals surface area (Å²) >= 11 is 0. The summed E-state index contributed by atoms with van der Waals surface area (Å²) in [4.78, 5) is 6.99. The van der Waals surface area contributed by atoms with Crippen LogP contribution < -0.4 is 10.6 Å². The lowest BCUT2D eigenvalue weighted by Crippen LogP contribution is -2.40. The van der Waals surface area contributed by atoms with Crippen molar-refractivity contribution in [3.05, 3.63) is 17.8 Å². The Hall–Kier alpha value is -1.25. The van der Waals surface area contributed by atoms with Crippen LogP contribution in [0.2, 0.25) is 0 Å². The Morgan fingerprint density at radius 1 is 1.44 bits per heavy atom. The fourth-order valence-electron chi connectivity index (χ4n) is 2.49. The van der Waals surface area contributed by atoms with Gasteiger partial charge in [-0.1, -0.05) is 6.92 Å². The molecule has 1 unspecified atom stereocenters. The van der Waals surface area contributed by atoms with E-state index in [1.165, 1.54) is 25.7 Å². The highest BCUT2D eigenvalue weighted by Gasteiger charge is 2.23. The molecule has 0 spiro atoms. The minimum absolute atomic E-state index is 0.616. The lowest BCUT2D eigenvalue weighted by Gasteiger charge is -2.36. The van der Waals surface area contributed by atoms with E-state index in [4.69, 9.17) is 5.73 Å². The van der Waals surface area contributed by atoms with Crippen molar-refractivity contribution in [2.45, 2.75) is 45.6 Å². The molecule has 2 N–H and O–H groups in total. The van der Waals surface area contributed by atoms with Crippen LogP contribution in [-0.4, -0.2) is 17.6 Å². The second-order valence-electron chi connectivity index (χ2n) is 4.62. The Labute approximate surface area is 97.7 Å². The lowest BCUT2D eigenvalue weighted by molar-refractivity contribution is 0.447. The summed E-state index contributed by atoms with van der Waals surface area (Å²) in [7, 11) is 0. The van der Waals surface area contributed by atoms with Gasteiger partial charge in [0, 0.05) is 18.3 Å². The summed E-state index contributed by atoms with van der Waals surface area (Å²) in [6, 6.07) is 4.56. The molecule has 16 heavy (non-hydrogen) atoms. The molecule has 1 atom stereocenters. The average Bonchev–Trinajstić information content (AvgIpc) is 2.32. The van der Waals surface area contributed by atoms with Gasteiger partial charge < -0.3 is 10.6 Å². The van der Waals surface area contributed by atoms with Crippen molar-refractivity contribution in [3.8, 4) is 0 Å². The molecule has 1 aliphatic heterocycles. The second-order valence-corrected chi connectivity index (χ2v) is 4.62. The standard InChI is InChI=1S/C13H21N3/c1-3-11-6-4-5-9-16(11)13-12(14)8-7-10(2)15-13/h7-8,11H,3-6,9,14H2,1-2H3. The Balaban J connectivity index is 2.30. The number of piperidine rings is 1. The molecule has 1 fully saturated rings. The summed E-state index contributed by atoms with van der Waals surface area (Å²) in [6.07, 6.45) is 5.03. The zero-order valence-electron chi connectivity index (χ0n) is 10.2. The molecule has 0 amide bonds. The van der Waals surface area contributed by atoms with Crippen molar-refractivity contribution >= 4 is 11.5 Å². The van der Waals surface area contributed by atoms with Gasteiger partial charge in [0.25, 0.3) is 0 Å². The van der Waals surface area contributed by atoms with E-state index in [0.29, 0.717) is 6.04 Å². The lowest BCUT2D eigenvalue weighted by atomic mass is 10.00. The minimum atomic E-state index is 0.616. The number of nitrogens with two attached hydrogens (primary N) is 1. The normalized spacial score (nSPS) is 21.1. The molecular formula is C13H21N3. The summed E-state index contributed by atoms with van der Waals surface area (Å²) in [5, 5.41) is 0. The third kappa shape index (κ3) is 2.13. The van der Waals surface area contributed by atoms with Crippen LogP contribution in [0.1, 0.15) is 38.3 Å². The van der Waals surface area contributed by atoms with Crippen LogP contribution in [0, 0.1) is 6.92 Å². The quantitative estimate of drug-likeness (QED) is 0.831. The summed E-state index contributed by atoms with van der Waals surface area (Å²) in [5.41, 5.74) is 7.89. The van der Waals surface area contributed by atoms with Gasteiger partial charge in [-0.2, -0.15) is 0 Å². The number of hydrogen-bond acceptors (Lipinski definition) is 3. The molecule has 0 radical (unpaired) electrons. The van der Waals surface area contributed by atoms with Crippen LogP contribution in [0.15, 0.2) is 12.1 Å². The van der Waals surface area contributed by atoms with E-state index >= 15 is 0 Å². The van der Waals surface area contributed by atoms with Gasteiger partial charge in [-0.15, -0.1) is 0 Å². The second kappa shape index (κ2) is 4.73. The smallest absolute Gasteiger partial charge is 0.152 e. The maximum Gasteiger partial charge on any atom is 0.152 e. The molecule has 1 aromatic heterocycles. The fraction of sp³-hybridized carbons (Fsp3) is 0.615. The fourth-order valence-corrected chi connectivity index (χ4v) is 2.49. The number of pyridine rings is 1. The molecule has 88 valence electrons. The van der Waals surface area contributed by atoms with Gasteiger partial charge in [0.2, 0.25) is 0 Å². The molecule has 1 saturated heterocycles. The predicted molar refractivity (Wildman–Crippen MR) is 68.7 cm³/mol. The first-order chi connectivity index (χ1) is 7.72. The van der Waals surface area contributed by atoms with Crippen molar-refractivity contribution < 1.29 is 0 Å². The minimum Gasteiger partial charge on any atom is -0.396 e. The van der Waals surface area contributed by atoms with Crippen molar-refractivity contribution in [2.75, 3.05) is 17.2 Å². The monoisotopic (exact) mass is 219 g/mol. The van der Waals surface area contributed by atoms with Crippen LogP contribution in [-0.2, 0) is 0 Å². The van der Waals surface area contributed by atoms with E-state index in [-0.39, 0.29) is 0 Å². The molecule has 0 saturated carbocycles. The largest absolute Gasteiger partial charge is 0.396 e. The first-order valence-corrected chi connectivity index (χ1v) is 6.22. The van der Waals surface area contributed by atoms with Crippen molar-refractivity contribution in [1.29, 1.82) is 0 Å². The number of aryl methyl sites for hydroxylation is 1. The average molecular weight is 219 g/mol. The first-order valence-electron chi connectivity index (χ1n) is 6.22. The Bertz CT molecular complexity index is 362. The molecule has 0 aliphatic carbocycles. The van der Waals surface area contributed by atoms with Gasteiger partial charge >= 0.3 is 0 Å². The third-order valence-electron chi connectivity index (χ3n) is 3.41. The van der Waals surface area contributed by atoms with Crippen LogP contribution in [0.4, 0.5) is 11.5 Å². The highest BCUT2D eigenvalue weighted by atomic mass is 15.2. The number of hydrogen-bond donors (Lipinski definition) is 1. The number of rotatable bonds is 2. The number of aromatic nitrogens is 1.